The molecule has 0 aliphatic carbocycles. The van der Waals surface area contributed by atoms with Gasteiger partial charge in [-0.25, -0.2) is 9.78 Å². The van der Waals surface area contributed by atoms with Gasteiger partial charge in [0.1, 0.15) is 29.4 Å². The lowest BCUT2D eigenvalue weighted by Gasteiger charge is -2.48. The number of β-lactam (4-membered cyclic amide) rings is 1. The lowest BCUT2D eigenvalue weighted by atomic mass is 10.0. The molecule has 2 atom stereocenters. The lowest BCUT2D eigenvalue weighted by Crippen LogP contribution is -2.70. The number of oxime groups is 1. The highest BCUT2D eigenvalue weighted by molar-refractivity contribution is 8.00. The number of aromatic nitrogens is 1. The van der Waals surface area contributed by atoms with E-state index in [1.807, 2.05) is 0 Å². The minimum Gasteiger partial charge on any atom is -0.477 e. The van der Waals surface area contributed by atoms with E-state index in [2.05, 4.69) is 15.5 Å². The van der Waals surface area contributed by atoms with Crippen LogP contribution in [0.5, 0.6) is 0 Å². The first-order chi connectivity index (χ1) is 12.9. The van der Waals surface area contributed by atoms with E-state index in [1.165, 1.54) is 23.2 Å². The van der Waals surface area contributed by atoms with Crippen LogP contribution in [0.1, 0.15) is 5.69 Å². The molecular formula is C14H15N5O6S2. The van der Waals surface area contributed by atoms with Crippen LogP contribution < -0.4 is 11.1 Å². The van der Waals surface area contributed by atoms with Crippen molar-refractivity contribution in [2.45, 2.75) is 11.4 Å². The maximum absolute atomic E-state index is 12.6. The SMILES string of the molecule is Nc1nc(/C(=N/OCCO)C(=O)NC2C(=O)N3C(C(=O)O)=CCS[C@H]23)cs1. The van der Waals surface area contributed by atoms with E-state index < -0.39 is 29.2 Å². The van der Waals surface area contributed by atoms with Gasteiger partial charge in [-0.1, -0.05) is 5.16 Å². The number of hydrogen-bond acceptors (Lipinski definition) is 10. The molecule has 2 aliphatic heterocycles. The van der Waals surface area contributed by atoms with Crippen molar-refractivity contribution in [3.05, 3.63) is 22.8 Å². The fourth-order valence-electron chi connectivity index (χ4n) is 2.50. The van der Waals surface area contributed by atoms with Crippen molar-refractivity contribution in [3.8, 4) is 0 Å². The van der Waals surface area contributed by atoms with E-state index in [-0.39, 0.29) is 35.4 Å². The van der Waals surface area contributed by atoms with Gasteiger partial charge >= 0.3 is 5.97 Å². The van der Waals surface area contributed by atoms with Gasteiger partial charge in [0.25, 0.3) is 11.8 Å². The fourth-order valence-corrected chi connectivity index (χ4v) is 4.24. The molecule has 1 fully saturated rings. The number of aliphatic hydroxyl groups is 1. The third kappa shape index (κ3) is 3.74. The van der Waals surface area contributed by atoms with Gasteiger partial charge < -0.3 is 26.1 Å². The number of rotatable bonds is 7. The van der Waals surface area contributed by atoms with Crippen molar-refractivity contribution < 1.29 is 29.4 Å². The van der Waals surface area contributed by atoms with Gasteiger partial charge in [-0.05, 0) is 6.08 Å². The zero-order chi connectivity index (χ0) is 19.6. The number of carboxylic acid groups (broad SMARTS) is 1. The summed E-state index contributed by atoms with van der Waals surface area (Å²) in [4.78, 5) is 46.1. The normalized spacial score (nSPS) is 21.8. The minimum absolute atomic E-state index is 0.0957. The summed E-state index contributed by atoms with van der Waals surface area (Å²) in [5.41, 5.74) is 5.45. The molecule has 0 saturated carbocycles. The molecule has 13 heteroatoms. The largest absolute Gasteiger partial charge is 0.477 e. The van der Waals surface area contributed by atoms with Crippen LogP contribution in [0.25, 0.3) is 0 Å². The summed E-state index contributed by atoms with van der Waals surface area (Å²) < 4.78 is 0. The molecule has 1 aromatic rings. The summed E-state index contributed by atoms with van der Waals surface area (Å²) in [6.07, 6.45) is 1.45. The second-order valence-electron chi connectivity index (χ2n) is 5.35. The Hall–Kier alpha value is -2.64. The van der Waals surface area contributed by atoms with Crippen molar-refractivity contribution in [2.24, 2.45) is 5.16 Å². The maximum Gasteiger partial charge on any atom is 0.352 e. The Morgan fingerprint density at radius 1 is 1.52 bits per heavy atom. The van der Waals surface area contributed by atoms with Gasteiger partial charge in [-0.3, -0.25) is 14.5 Å². The number of nitrogen functional groups attached to an aromatic ring is 1. The quantitative estimate of drug-likeness (QED) is 0.186. The first-order valence-electron chi connectivity index (χ1n) is 7.65. The van der Waals surface area contributed by atoms with Gasteiger partial charge in [0.2, 0.25) is 0 Å². The number of thiazole rings is 1. The van der Waals surface area contributed by atoms with Crippen LogP contribution in [-0.2, 0) is 19.2 Å². The molecule has 0 spiro atoms. The van der Waals surface area contributed by atoms with E-state index >= 15 is 0 Å². The number of anilines is 1. The number of carboxylic acids is 1. The van der Waals surface area contributed by atoms with Crippen LogP contribution in [0.2, 0.25) is 0 Å². The number of nitrogens with one attached hydrogen (secondary N) is 1. The number of amides is 2. The van der Waals surface area contributed by atoms with Gasteiger partial charge in [0.05, 0.1) is 6.61 Å². The number of hydrogen-bond donors (Lipinski definition) is 4. The van der Waals surface area contributed by atoms with Crippen LogP contribution in [0.15, 0.2) is 22.3 Å². The summed E-state index contributed by atoms with van der Waals surface area (Å²) >= 11 is 2.43. The molecule has 0 bridgehead atoms. The van der Waals surface area contributed by atoms with Gasteiger partial charge in [0.15, 0.2) is 10.8 Å². The van der Waals surface area contributed by atoms with Crippen molar-refractivity contribution in [1.29, 1.82) is 0 Å². The Labute approximate surface area is 160 Å². The fraction of sp³-hybridized carbons (Fsp3) is 0.357. The van der Waals surface area contributed by atoms with Crippen molar-refractivity contribution in [2.75, 3.05) is 24.7 Å². The van der Waals surface area contributed by atoms with E-state index in [9.17, 15) is 19.5 Å². The van der Waals surface area contributed by atoms with Gasteiger partial charge in [-0.15, -0.1) is 23.1 Å². The van der Waals surface area contributed by atoms with E-state index in [0.717, 1.165) is 16.2 Å². The van der Waals surface area contributed by atoms with Crippen LogP contribution >= 0.6 is 23.1 Å². The van der Waals surface area contributed by atoms with Crippen molar-refractivity contribution in [3.63, 3.8) is 0 Å². The molecule has 27 heavy (non-hydrogen) atoms. The number of fused-ring (bicyclic) bond motifs is 1. The van der Waals surface area contributed by atoms with Crippen LogP contribution in [0.4, 0.5) is 5.13 Å². The second-order valence-corrected chi connectivity index (χ2v) is 7.38. The average Bonchev–Trinajstić information content (AvgIpc) is 3.08. The Balaban J connectivity index is 1.75. The maximum atomic E-state index is 12.6. The van der Waals surface area contributed by atoms with Gasteiger partial charge in [0, 0.05) is 11.1 Å². The summed E-state index contributed by atoms with van der Waals surface area (Å²) in [6.45, 7) is -0.422. The molecule has 5 N–H and O–H groups in total. The zero-order valence-corrected chi connectivity index (χ0v) is 15.3. The molecule has 1 saturated heterocycles. The van der Waals surface area contributed by atoms with Crippen LogP contribution in [0, 0.1) is 0 Å². The molecule has 0 aromatic carbocycles. The monoisotopic (exact) mass is 413 g/mol. The van der Waals surface area contributed by atoms with Gasteiger partial charge in [-0.2, -0.15) is 0 Å². The third-order valence-electron chi connectivity index (χ3n) is 3.67. The minimum atomic E-state index is -1.20. The highest BCUT2D eigenvalue weighted by Gasteiger charge is 2.53. The number of thioether (sulfide) groups is 1. The number of aliphatic carboxylic acids is 1. The molecule has 0 radical (unpaired) electrons. The number of nitrogens with two attached hydrogens (primary N) is 1. The number of aliphatic hydroxyl groups excluding tert-OH is 1. The molecule has 144 valence electrons. The third-order valence-corrected chi connectivity index (χ3v) is 5.53. The van der Waals surface area contributed by atoms with E-state index in [0.29, 0.717) is 5.75 Å². The molecule has 3 heterocycles. The topological polar surface area (TPSA) is 167 Å². The highest BCUT2D eigenvalue weighted by Crippen LogP contribution is 2.37. The van der Waals surface area contributed by atoms with Crippen LogP contribution in [-0.4, -0.2) is 74.0 Å². The van der Waals surface area contributed by atoms with Crippen molar-refractivity contribution in [1.82, 2.24) is 15.2 Å². The Bertz CT molecular complexity index is 838. The zero-order valence-electron chi connectivity index (χ0n) is 13.7. The van der Waals surface area contributed by atoms with E-state index in [4.69, 9.17) is 15.7 Å². The first-order valence-corrected chi connectivity index (χ1v) is 9.58. The molecule has 3 rings (SSSR count). The van der Waals surface area contributed by atoms with Crippen molar-refractivity contribution >= 4 is 51.7 Å². The average molecular weight is 413 g/mol. The molecule has 2 aliphatic rings. The first kappa shape index (κ1) is 19.1. The molecule has 1 aromatic heterocycles. The second kappa shape index (κ2) is 7.94. The Morgan fingerprint density at radius 3 is 2.93 bits per heavy atom. The standard InChI is InChI=1S/C14H15N5O6S2/c15-14-16-6(5-27-14)8(18-25-3-2-20)10(21)17-9-11(22)19-7(13(23)24)1-4-26-12(9)19/h1,5,9,12,20H,2-4H2,(H2,15,16)(H,17,21)(H,23,24)/b18-8-/t9?,12-/m1/s1. The predicted octanol–water partition coefficient (Wildman–Crippen LogP) is -1.19. The molecular weight excluding hydrogens is 398 g/mol. The summed E-state index contributed by atoms with van der Waals surface area (Å²) in [5, 5.41) is 25.4. The Morgan fingerprint density at radius 2 is 2.30 bits per heavy atom. The number of carbonyl (C=O) groups excluding carboxylic acids is 2. The number of carbonyl (C=O) groups is 3. The smallest absolute Gasteiger partial charge is 0.352 e. The molecule has 1 unspecified atom stereocenters. The van der Waals surface area contributed by atoms with Crippen LogP contribution in [0.3, 0.4) is 0 Å². The highest BCUT2D eigenvalue weighted by atomic mass is 32.2. The lowest BCUT2D eigenvalue weighted by molar-refractivity contribution is -0.150. The summed E-state index contributed by atoms with van der Waals surface area (Å²) in [6, 6.07) is -0.899. The summed E-state index contributed by atoms with van der Waals surface area (Å²) in [5.74, 6) is -2.03. The molecule has 2 amide bonds. The molecule has 11 nitrogen and oxygen atoms in total. The predicted molar refractivity (Wildman–Crippen MR) is 96.8 cm³/mol. The summed E-state index contributed by atoms with van der Waals surface area (Å²) in [7, 11) is 0. The number of nitrogens with zero attached hydrogens (tertiary/aromatic N) is 3. The Kier molecular flexibility index (Phi) is 5.62. The van der Waals surface area contributed by atoms with E-state index in [1.54, 1.807) is 0 Å².